The van der Waals surface area contributed by atoms with Crippen LogP contribution in [0.3, 0.4) is 0 Å². The lowest BCUT2D eigenvalue weighted by molar-refractivity contribution is -0.127. The van der Waals surface area contributed by atoms with E-state index in [-0.39, 0.29) is 25.7 Å². The van der Waals surface area contributed by atoms with E-state index in [4.69, 9.17) is 14.2 Å². The first kappa shape index (κ1) is 14.8. The number of hydrogen-bond donors (Lipinski definition) is 1. The van der Waals surface area contributed by atoms with E-state index in [1.54, 1.807) is 4.90 Å². The van der Waals surface area contributed by atoms with Gasteiger partial charge in [0.2, 0.25) is 6.79 Å². The average Bonchev–Trinajstić information content (AvgIpc) is 3.06. The molecule has 4 rings (SSSR count). The molecule has 6 nitrogen and oxygen atoms in total. The van der Waals surface area contributed by atoms with Crippen LogP contribution < -0.4 is 19.1 Å². The largest absolute Gasteiger partial charge is 0.478 e. The van der Waals surface area contributed by atoms with Gasteiger partial charge in [-0.1, -0.05) is 18.2 Å². The van der Waals surface area contributed by atoms with Crippen LogP contribution in [-0.4, -0.2) is 30.5 Å². The van der Waals surface area contributed by atoms with Gasteiger partial charge >= 0.3 is 0 Å². The van der Waals surface area contributed by atoms with Gasteiger partial charge in [-0.15, -0.1) is 0 Å². The van der Waals surface area contributed by atoms with Crippen LogP contribution in [-0.2, 0) is 11.3 Å². The first-order valence-electron chi connectivity index (χ1n) is 7.83. The van der Waals surface area contributed by atoms with Crippen molar-refractivity contribution in [3.05, 3.63) is 48.0 Å². The Balaban J connectivity index is 1.66. The summed E-state index contributed by atoms with van der Waals surface area (Å²) in [6, 6.07) is 13.1. The number of nitrogens with zero attached hydrogens (tertiary/aromatic N) is 1. The molecule has 2 aromatic rings. The maximum Gasteiger partial charge on any atom is 0.268 e. The van der Waals surface area contributed by atoms with Gasteiger partial charge in [-0.2, -0.15) is 0 Å². The Kier molecular flexibility index (Phi) is 3.74. The van der Waals surface area contributed by atoms with E-state index in [9.17, 15) is 9.90 Å². The summed E-state index contributed by atoms with van der Waals surface area (Å²) in [7, 11) is 0. The second kappa shape index (κ2) is 6.05. The van der Waals surface area contributed by atoms with Crippen molar-refractivity contribution in [2.45, 2.75) is 19.1 Å². The monoisotopic (exact) mass is 327 g/mol. The number of ether oxygens (including phenoxy) is 3. The van der Waals surface area contributed by atoms with Crippen LogP contribution in [0.2, 0.25) is 0 Å². The second-order valence-corrected chi connectivity index (χ2v) is 5.70. The summed E-state index contributed by atoms with van der Waals surface area (Å²) < 4.78 is 16.5. The Labute approximate surface area is 139 Å². The SMILES string of the molecule is O=C1C(CCO)Oc2ccccc2N1Cc1ccc2c(c1)OCO2. The number of aliphatic hydroxyl groups excluding tert-OH is 1. The first-order chi connectivity index (χ1) is 11.8. The zero-order valence-corrected chi connectivity index (χ0v) is 13.0. The quantitative estimate of drug-likeness (QED) is 0.931. The Morgan fingerprint density at radius 3 is 2.79 bits per heavy atom. The van der Waals surface area contributed by atoms with Crippen LogP contribution in [0.15, 0.2) is 42.5 Å². The van der Waals surface area contributed by atoms with Gasteiger partial charge in [-0.3, -0.25) is 4.79 Å². The van der Waals surface area contributed by atoms with Crippen molar-refractivity contribution in [2.24, 2.45) is 0 Å². The first-order valence-corrected chi connectivity index (χ1v) is 7.83. The van der Waals surface area contributed by atoms with Crippen LogP contribution in [0.1, 0.15) is 12.0 Å². The molecule has 2 heterocycles. The molecule has 1 atom stereocenters. The molecular weight excluding hydrogens is 310 g/mol. The number of para-hydroxylation sites is 2. The summed E-state index contributed by atoms with van der Waals surface area (Å²) in [6.07, 6.45) is -0.399. The van der Waals surface area contributed by atoms with Crippen LogP contribution in [0.5, 0.6) is 17.2 Å². The van der Waals surface area contributed by atoms with E-state index >= 15 is 0 Å². The minimum Gasteiger partial charge on any atom is -0.478 e. The van der Waals surface area contributed by atoms with E-state index in [0.717, 1.165) is 11.3 Å². The van der Waals surface area contributed by atoms with Crippen LogP contribution in [0, 0.1) is 0 Å². The molecule has 6 heteroatoms. The number of rotatable bonds is 4. The van der Waals surface area contributed by atoms with Crippen LogP contribution >= 0.6 is 0 Å². The highest BCUT2D eigenvalue weighted by molar-refractivity contribution is 5.99. The molecule has 0 radical (unpaired) electrons. The van der Waals surface area contributed by atoms with E-state index in [0.29, 0.717) is 23.8 Å². The van der Waals surface area contributed by atoms with Gasteiger partial charge in [-0.05, 0) is 29.8 Å². The zero-order valence-electron chi connectivity index (χ0n) is 13.0. The number of aliphatic hydroxyl groups is 1. The normalized spacial score (nSPS) is 18.3. The molecule has 0 saturated heterocycles. The van der Waals surface area contributed by atoms with E-state index in [2.05, 4.69) is 0 Å². The lowest BCUT2D eigenvalue weighted by Crippen LogP contribution is -2.45. The third-order valence-corrected chi connectivity index (χ3v) is 4.14. The van der Waals surface area contributed by atoms with Crippen LogP contribution in [0.4, 0.5) is 5.69 Å². The van der Waals surface area contributed by atoms with Crippen molar-refractivity contribution in [3.8, 4) is 17.2 Å². The highest BCUT2D eigenvalue weighted by atomic mass is 16.7. The minimum absolute atomic E-state index is 0.101. The summed E-state index contributed by atoms with van der Waals surface area (Å²) in [4.78, 5) is 14.4. The molecular formula is C18H17NO5. The van der Waals surface area contributed by atoms with Crippen molar-refractivity contribution in [1.82, 2.24) is 0 Å². The highest BCUT2D eigenvalue weighted by Gasteiger charge is 2.34. The Hall–Kier alpha value is -2.73. The van der Waals surface area contributed by atoms with Gasteiger partial charge in [0, 0.05) is 13.0 Å². The Morgan fingerprint density at radius 2 is 1.92 bits per heavy atom. The van der Waals surface area contributed by atoms with Crippen molar-refractivity contribution in [2.75, 3.05) is 18.3 Å². The van der Waals surface area contributed by atoms with Crippen molar-refractivity contribution in [3.63, 3.8) is 0 Å². The summed E-state index contributed by atoms with van der Waals surface area (Å²) >= 11 is 0. The summed E-state index contributed by atoms with van der Waals surface area (Å²) in [6.45, 7) is 0.519. The third kappa shape index (κ3) is 2.55. The summed E-state index contributed by atoms with van der Waals surface area (Å²) in [5.41, 5.74) is 1.67. The fourth-order valence-corrected chi connectivity index (χ4v) is 2.96. The molecule has 1 unspecified atom stereocenters. The maximum absolute atomic E-state index is 12.8. The zero-order chi connectivity index (χ0) is 16.5. The van der Waals surface area contributed by atoms with Gasteiger partial charge in [0.1, 0.15) is 5.75 Å². The van der Waals surface area contributed by atoms with Gasteiger partial charge in [-0.25, -0.2) is 0 Å². The molecule has 0 fully saturated rings. The highest BCUT2D eigenvalue weighted by Crippen LogP contribution is 2.37. The fourth-order valence-electron chi connectivity index (χ4n) is 2.96. The minimum atomic E-state index is -0.668. The fraction of sp³-hybridized carbons (Fsp3) is 0.278. The van der Waals surface area contributed by atoms with Crippen molar-refractivity contribution < 1.29 is 24.1 Å². The number of fused-ring (bicyclic) bond motifs is 2. The second-order valence-electron chi connectivity index (χ2n) is 5.70. The van der Waals surface area contributed by atoms with E-state index in [1.165, 1.54) is 0 Å². The molecule has 2 aromatic carbocycles. The number of anilines is 1. The summed E-state index contributed by atoms with van der Waals surface area (Å²) in [5, 5.41) is 9.18. The smallest absolute Gasteiger partial charge is 0.268 e. The van der Waals surface area contributed by atoms with Crippen molar-refractivity contribution >= 4 is 11.6 Å². The lowest BCUT2D eigenvalue weighted by atomic mass is 10.1. The maximum atomic E-state index is 12.8. The number of carbonyl (C=O) groups excluding carboxylic acids is 1. The predicted molar refractivity (Wildman–Crippen MR) is 86.3 cm³/mol. The lowest BCUT2D eigenvalue weighted by Gasteiger charge is -2.34. The molecule has 2 aliphatic heterocycles. The molecule has 0 aliphatic carbocycles. The number of carbonyl (C=O) groups is 1. The molecule has 0 aromatic heterocycles. The Bertz CT molecular complexity index is 776. The van der Waals surface area contributed by atoms with E-state index in [1.807, 2.05) is 42.5 Å². The number of benzene rings is 2. The van der Waals surface area contributed by atoms with Gasteiger partial charge in [0.15, 0.2) is 17.6 Å². The molecule has 0 bridgehead atoms. The molecule has 1 N–H and O–H groups in total. The van der Waals surface area contributed by atoms with Gasteiger partial charge < -0.3 is 24.2 Å². The average molecular weight is 327 g/mol. The third-order valence-electron chi connectivity index (χ3n) is 4.14. The molecule has 2 aliphatic rings. The predicted octanol–water partition coefficient (Wildman–Crippen LogP) is 2.09. The Morgan fingerprint density at radius 1 is 1.08 bits per heavy atom. The number of amides is 1. The van der Waals surface area contributed by atoms with Gasteiger partial charge in [0.25, 0.3) is 5.91 Å². The van der Waals surface area contributed by atoms with Gasteiger partial charge in [0.05, 0.1) is 12.2 Å². The standard InChI is InChI=1S/C18H17NO5/c20-8-7-16-18(21)19(13-3-1-2-4-14(13)24-16)10-12-5-6-15-17(9-12)23-11-22-15/h1-6,9,16,20H,7-8,10-11H2. The molecule has 24 heavy (non-hydrogen) atoms. The van der Waals surface area contributed by atoms with E-state index < -0.39 is 6.10 Å². The topological polar surface area (TPSA) is 68.2 Å². The van der Waals surface area contributed by atoms with Crippen molar-refractivity contribution in [1.29, 1.82) is 0 Å². The molecule has 0 spiro atoms. The molecule has 124 valence electrons. The number of hydrogen-bond acceptors (Lipinski definition) is 5. The molecule has 0 saturated carbocycles. The molecule has 1 amide bonds. The summed E-state index contributed by atoms with van der Waals surface area (Å²) in [5.74, 6) is 1.90. The van der Waals surface area contributed by atoms with Crippen LogP contribution in [0.25, 0.3) is 0 Å².